The summed E-state index contributed by atoms with van der Waals surface area (Å²) < 4.78 is 5.80. The number of nitrogens with zero attached hydrogens (tertiary/aromatic N) is 1. The van der Waals surface area contributed by atoms with E-state index in [4.69, 9.17) is 4.74 Å². The molecule has 136 valence electrons. The average molecular weight is 350 g/mol. The Bertz CT molecular complexity index is 751. The summed E-state index contributed by atoms with van der Waals surface area (Å²) in [5.41, 5.74) is 3.23. The van der Waals surface area contributed by atoms with Gasteiger partial charge >= 0.3 is 0 Å². The van der Waals surface area contributed by atoms with Crippen molar-refractivity contribution in [2.24, 2.45) is 5.92 Å². The Morgan fingerprint density at radius 3 is 2.65 bits per heavy atom. The molecule has 0 aromatic heterocycles. The van der Waals surface area contributed by atoms with Gasteiger partial charge in [-0.3, -0.25) is 9.69 Å². The largest absolute Gasteiger partial charge is 0.493 e. The third-order valence-corrected chi connectivity index (χ3v) is 5.33. The molecule has 0 radical (unpaired) electrons. The highest BCUT2D eigenvalue weighted by Crippen LogP contribution is 2.26. The van der Waals surface area contributed by atoms with E-state index in [9.17, 15) is 4.79 Å². The quantitative estimate of drug-likeness (QED) is 0.900. The van der Waals surface area contributed by atoms with Gasteiger partial charge in [0.25, 0.3) is 5.91 Å². The molecule has 0 aliphatic carbocycles. The summed E-state index contributed by atoms with van der Waals surface area (Å²) in [6.45, 7) is 4.67. The maximum absolute atomic E-state index is 12.4. The molecular weight excluding hydrogens is 324 g/mol. The van der Waals surface area contributed by atoms with Crippen molar-refractivity contribution < 1.29 is 9.53 Å². The molecule has 2 aromatic carbocycles. The maximum atomic E-state index is 12.4. The first-order chi connectivity index (χ1) is 12.8. The molecule has 4 heteroatoms. The van der Waals surface area contributed by atoms with Crippen molar-refractivity contribution in [3.63, 3.8) is 0 Å². The Labute approximate surface area is 155 Å². The second-order valence-electron chi connectivity index (χ2n) is 7.38. The highest BCUT2D eigenvalue weighted by Gasteiger charge is 2.20. The normalized spacial score (nSPS) is 19.6. The van der Waals surface area contributed by atoms with Crippen molar-refractivity contribution in [1.82, 2.24) is 10.2 Å². The fourth-order valence-corrected chi connectivity index (χ4v) is 3.82. The van der Waals surface area contributed by atoms with Crippen LogP contribution in [0.4, 0.5) is 0 Å². The molecule has 2 heterocycles. The van der Waals surface area contributed by atoms with Crippen molar-refractivity contribution in [1.29, 1.82) is 0 Å². The van der Waals surface area contributed by atoms with Crippen molar-refractivity contribution in [3.8, 4) is 5.75 Å². The topological polar surface area (TPSA) is 41.6 Å². The summed E-state index contributed by atoms with van der Waals surface area (Å²) in [6.07, 6.45) is 3.55. The van der Waals surface area contributed by atoms with Gasteiger partial charge in [0.2, 0.25) is 0 Å². The van der Waals surface area contributed by atoms with Crippen molar-refractivity contribution >= 4 is 5.91 Å². The van der Waals surface area contributed by atoms with Crippen LogP contribution in [0.3, 0.4) is 0 Å². The number of amides is 1. The number of nitrogens with one attached hydrogen (secondary N) is 1. The molecule has 1 fully saturated rings. The minimum Gasteiger partial charge on any atom is -0.493 e. The Hall–Kier alpha value is -2.33. The van der Waals surface area contributed by atoms with Crippen LogP contribution >= 0.6 is 0 Å². The third kappa shape index (κ3) is 4.07. The maximum Gasteiger partial charge on any atom is 0.251 e. The predicted molar refractivity (Wildman–Crippen MR) is 102 cm³/mol. The van der Waals surface area contributed by atoms with E-state index in [0.717, 1.165) is 24.3 Å². The summed E-state index contributed by atoms with van der Waals surface area (Å²) in [4.78, 5) is 14.9. The molecule has 0 bridgehead atoms. The minimum atomic E-state index is -0.00317. The minimum absolute atomic E-state index is 0.00317. The Morgan fingerprint density at radius 2 is 1.85 bits per heavy atom. The highest BCUT2D eigenvalue weighted by atomic mass is 16.5. The van der Waals surface area contributed by atoms with E-state index in [1.165, 1.54) is 37.1 Å². The van der Waals surface area contributed by atoms with E-state index >= 15 is 0 Å². The van der Waals surface area contributed by atoms with Crippen LogP contribution in [0.5, 0.6) is 5.75 Å². The first kappa shape index (κ1) is 17.1. The number of hydrogen-bond donors (Lipinski definition) is 1. The van der Waals surface area contributed by atoms with Gasteiger partial charge in [-0.15, -0.1) is 0 Å². The van der Waals surface area contributed by atoms with Crippen LogP contribution in [0.15, 0.2) is 48.5 Å². The number of carbonyl (C=O) groups excluding carboxylic acids is 1. The molecule has 2 aliphatic rings. The Balaban J connectivity index is 1.28. The highest BCUT2D eigenvalue weighted by molar-refractivity contribution is 5.94. The number of carbonyl (C=O) groups is 1. The van der Waals surface area contributed by atoms with E-state index in [1.54, 1.807) is 0 Å². The number of rotatable bonds is 5. The van der Waals surface area contributed by atoms with Crippen LogP contribution in [0.25, 0.3) is 0 Å². The standard InChI is InChI=1S/C22H26N2O2/c25-22(19-9-7-17(8-10-19)15-24-11-3-4-12-24)23-14-18-13-20-5-1-2-6-21(20)26-16-18/h1-2,5-10,18H,3-4,11-16H2,(H,23,25)/t18-/m1/s1. The Morgan fingerprint density at radius 1 is 1.08 bits per heavy atom. The van der Waals surface area contributed by atoms with Crippen LogP contribution in [-0.4, -0.2) is 37.0 Å². The van der Waals surface area contributed by atoms with Crippen LogP contribution in [-0.2, 0) is 13.0 Å². The van der Waals surface area contributed by atoms with Gasteiger partial charge in [-0.2, -0.15) is 0 Å². The molecule has 0 spiro atoms. The zero-order chi connectivity index (χ0) is 17.8. The van der Waals surface area contributed by atoms with E-state index in [1.807, 2.05) is 30.3 Å². The summed E-state index contributed by atoms with van der Waals surface area (Å²) in [7, 11) is 0. The molecule has 4 rings (SSSR count). The van der Waals surface area contributed by atoms with Crippen LogP contribution in [0.2, 0.25) is 0 Å². The van der Waals surface area contributed by atoms with Crippen LogP contribution in [0.1, 0.15) is 34.3 Å². The number of likely N-dealkylation sites (tertiary alicyclic amines) is 1. The lowest BCUT2D eigenvalue weighted by atomic mass is 9.96. The van der Waals surface area contributed by atoms with Crippen molar-refractivity contribution in [2.45, 2.75) is 25.8 Å². The zero-order valence-corrected chi connectivity index (χ0v) is 15.1. The SMILES string of the molecule is O=C(NC[C@@H]1COc2ccccc2C1)c1ccc(CN2CCCC2)cc1. The number of fused-ring (bicyclic) bond motifs is 1. The molecule has 1 amide bonds. The van der Waals surface area contributed by atoms with Crippen molar-refractivity contribution in [2.75, 3.05) is 26.2 Å². The summed E-state index contributed by atoms with van der Waals surface area (Å²) in [5, 5.41) is 3.06. The number of benzene rings is 2. The molecule has 2 aromatic rings. The molecule has 26 heavy (non-hydrogen) atoms. The fourth-order valence-electron chi connectivity index (χ4n) is 3.82. The number of para-hydroxylation sites is 1. The lowest BCUT2D eigenvalue weighted by molar-refractivity contribution is 0.0939. The van der Waals surface area contributed by atoms with Gasteiger partial charge in [0, 0.05) is 24.6 Å². The lowest BCUT2D eigenvalue weighted by Crippen LogP contribution is -2.34. The first-order valence-electron chi connectivity index (χ1n) is 9.58. The first-order valence-corrected chi connectivity index (χ1v) is 9.58. The zero-order valence-electron chi connectivity index (χ0n) is 15.1. The number of ether oxygens (including phenoxy) is 1. The van der Waals surface area contributed by atoms with Gasteiger partial charge < -0.3 is 10.1 Å². The van der Waals surface area contributed by atoms with E-state index in [-0.39, 0.29) is 5.91 Å². The summed E-state index contributed by atoms with van der Waals surface area (Å²) in [5.74, 6) is 1.29. The van der Waals surface area contributed by atoms with Gasteiger partial charge in [-0.25, -0.2) is 0 Å². The smallest absolute Gasteiger partial charge is 0.251 e. The molecule has 1 atom stereocenters. The molecule has 2 aliphatic heterocycles. The molecular formula is C22H26N2O2. The van der Waals surface area contributed by atoms with E-state index in [0.29, 0.717) is 19.1 Å². The van der Waals surface area contributed by atoms with Gasteiger partial charge in [0.15, 0.2) is 0 Å². The Kier molecular flexibility index (Phi) is 5.21. The third-order valence-electron chi connectivity index (χ3n) is 5.33. The van der Waals surface area contributed by atoms with Crippen LogP contribution < -0.4 is 10.1 Å². The predicted octanol–water partition coefficient (Wildman–Crippen LogP) is 3.26. The second kappa shape index (κ2) is 7.92. The van der Waals surface area contributed by atoms with Crippen LogP contribution in [0, 0.1) is 5.92 Å². The van der Waals surface area contributed by atoms with E-state index < -0.39 is 0 Å². The molecule has 4 nitrogen and oxygen atoms in total. The second-order valence-corrected chi connectivity index (χ2v) is 7.38. The van der Waals surface area contributed by atoms with Gasteiger partial charge in [-0.05, 0) is 61.7 Å². The molecule has 1 N–H and O–H groups in total. The monoisotopic (exact) mass is 350 g/mol. The van der Waals surface area contributed by atoms with E-state index in [2.05, 4.69) is 28.4 Å². The lowest BCUT2D eigenvalue weighted by Gasteiger charge is -2.25. The van der Waals surface area contributed by atoms with Gasteiger partial charge in [0.1, 0.15) is 5.75 Å². The summed E-state index contributed by atoms with van der Waals surface area (Å²) in [6, 6.07) is 16.2. The van der Waals surface area contributed by atoms with Gasteiger partial charge in [0.05, 0.1) is 6.61 Å². The molecule has 0 saturated carbocycles. The van der Waals surface area contributed by atoms with Crippen molar-refractivity contribution in [3.05, 3.63) is 65.2 Å². The van der Waals surface area contributed by atoms with Gasteiger partial charge in [-0.1, -0.05) is 30.3 Å². The summed E-state index contributed by atoms with van der Waals surface area (Å²) >= 11 is 0. The average Bonchev–Trinajstić information content (AvgIpc) is 3.19. The molecule has 0 unspecified atom stereocenters. The number of hydrogen-bond acceptors (Lipinski definition) is 3. The molecule has 1 saturated heterocycles. The fraction of sp³-hybridized carbons (Fsp3) is 0.409.